The van der Waals surface area contributed by atoms with E-state index in [0.717, 1.165) is 0 Å². The Balaban J connectivity index is 1.59. The first-order valence-corrected chi connectivity index (χ1v) is 10.7. The number of phenols is 3. The molecule has 3 rings (SSSR count). The largest absolute Gasteiger partial charge is 0.504 e. The smallest absolute Gasteiger partial charge is 0.243 e. The topological polar surface area (TPSA) is 144 Å². The van der Waals surface area contributed by atoms with Gasteiger partial charge in [0.15, 0.2) is 16.6 Å². The summed E-state index contributed by atoms with van der Waals surface area (Å²) in [7, 11) is -3.57. The maximum absolute atomic E-state index is 12.6. The molecule has 0 amide bonds. The number of hydrazone groups is 1. The second-order valence-corrected chi connectivity index (χ2v) is 8.58. The zero-order valence-corrected chi connectivity index (χ0v) is 17.3. The highest BCUT2D eigenvalue weighted by atomic mass is 32.2. The van der Waals surface area contributed by atoms with Gasteiger partial charge in [-0.15, -0.1) is 0 Å². The van der Waals surface area contributed by atoms with Crippen LogP contribution in [0.5, 0.6) is 17.2 Å². The van der Waals surface area contributed by atoms with E-state index in [1.165, 1.54) is 34.8 Å². The first-order valence-electron chi connectivity index (χ1n) is 8.81. The van der Waals surface area contributed by atoms with Crippen LogP contribution in [0.15, 0.2) is 46.4 Å². The van der Waals surface area contributed by atoms with E-state index in [1.807, 2.05) is 0 Å². The van der Waals surface area contributed by atoms with Gasteiger partial charge >= 0.3 is 0 Å². The van der Waals surface area contributed by atoms with Gasteiger partial charge < -0.3 is 25.4 Å². The molecular weight excluding hydrogens is 432 g/mol. The number of phenolic OH excluding ortho intramolecular Hbond substituents is 3. The van der Waals surface area contributed by atoms with E-state index < -0.39 is 27.3 Å². The maximum Gasteiger partial charge on any atom is 0.243 e. The lowest BCUT2D eigenvalue weighted by atomic mass is 10.2. The van der Waals surface area contributed by atoms with Gasteiger partial charge in [-0.3, -0.25) is 5.43 Å². The minimum absolute atomic E-state index is 0.123. The van der Waals surface area contributed by atoms with Crippen LogP contribution in [-0.4, -0.2) is 65.7 Å². The number of ether oxygens (including phenoxy) is 1. The lowest BCUT2D eigenvalue weighted by Crippen LogP contribution is -2.40. The maximum atomic E-state index is 12.6. The SMILES string of the molecule is O=S(=O)(c1ccc(NC(=S)N/N=C\c2ccc(O)c(O)c2O)cc1)N1CCOCC1. The van der Waals surface area contributed by atoms with Crippen molar-refractivity contribution in [3.05, 3.63) is 42.0 Å². The molecule has 160 valence electrons. The Morgan fingerprint density at radius 2 is 1.73 bits per heavy atom. The van der Waals surface area contributed by atoms with Crippen LogP contribution in [0.3, 0.4) is 0 Å². The number of nitrogens with zero attached hydrogens (tertiary/aromatic N) is 2. The molecule has 1 aliphatic heterocycles. The fourth-order valence-corrected chi connectivity index (χ4v) is 4.23. The summed E-state index contributed by atoms with van der Waals surface area (Å²) in [6, 6.07) is 8.69. The van der Waals surface area contributed by atoms with Crippen LogP contribution in [0.1, 0.15) is 5.56 Å². The third-order valence-corrected chi connectivity index (χ3v) is 6.36. The fraction of sp³-hybridized carbons (Fsp3) is 0.222. The molecule has 0 spiro atoms. The molecule has 0 bridgehead atoms. The van der Waals surface area contributed by atoms with Gasteiger partial charge in [-0.1, -0.05) is 0 Å². The second kappa shape index (κ2) is 9.26. The Bertz CT molecular complexity index is 1050. The zero-order valence-electron chi connectivity index (χ0n) is 15.6. The Kier molecular flexibility index (Phi) is 6.72. The third-order valence-electron chi connectivity index (χ3n) is 4.25. The van der Waals surface area contributed by atoms with E-state index in [9.17, 15) is 23.7 Å². The summed E-state index contributed by atoms with van der Waals surface area (Å²) in [6.07, 6.45) is 1.21. The minimum atomic E-state index is -3.57. The van der Waals surface area contributed by atoms with Crippen molar-refractivity contribution in [1.82, 2.24) is 9.73 Å². The Morgan fingerprint density at radius 1 is 1.07 bits per heavy atom. The molecule has 2 aromatic rings. The number of aromatic hydroxyl groups is 3. The van der Waals surface area contributed by atoms with Crippen LogP contribution in [0.2, 0.25) is 0 Å². The van der Waals surface area contributed by atoms with Crippen molar-refractivity contribution >= 4 is 39.3 Å². The number of anilines is 1. The fourth-order valence-electron chi connectivity index (χ4n) is 2.65. The Labute approximate surface area is 178 Å². The van der Waals surface area contributed by atoms with E-state index in [1.54, 1.807) is 12.1 Å². The van der Waals surface area contributed by atoms with Gasteiger partial charge in [0, 0.05) is 24.3 Å². The van der Waals surface area contributed by atoms with Gasteiger partial charge in [0.25, 0.3) is 0 Å². The lowest BCUT2D eigenvalue weighted by Gasteiger charge is -2.26. The van der Waals surface area contributed by atoms with Crippen LogP contribution in [0.4, 0.5) is 5.69 Å². The molecule has 0 saturated carbocycles. The van der Waals surface area contributed by atoms with Crippen molar-refractivity contribution in [2.75, 3.05) is 31.6 Å². The Hall–Kier alpha value is -2.93. The molecular formula is C18H20N4O6S2. The summed E-state index contributed by atoms with van der Waals surface area (Å²) in [5.41, 5.74) is 3.25. The van der Waals surface area contributed by atoms with Gasteiger partial charge in [-0.25, -0.2) is 8.42 Å². The standard InChI is InChI=1S/C18H20N4O6S2/c23-15-6-1-12(16(24)17(15)25)11-19-21-18(29)20-13-2-4-14(5-3-13)30(26,27)22-7-9-28-10-8-22/h1-6,11,23-25H,7-10H2,(H2,20,21,29)/b19-11-. The van der Waals surface area contributed by atoms with E-state index in [2.05, 4.69) is 15.8 Å². The third kappa shape index (κ3) is 4.97. The van der Waals surface area contributed by atoms with Crippen LogP contribution in [0, 0.1) is 0 Å². The summed E-state index contributed by atoms with van der Waals surface area (Å²) in [6.45, 7) is 1.40. The van der Waals surface area contributed by atoms with Crippen LogP contribution >= 0.6 is 12.2 Å². The molecule has 0 aromatic heterocycles. The van der Waals surface area contributed by atoms with Gasteiger partial charge in [-0.2, -0.15) is 9.41 Å². The zero-order chi connectivity index (χ0) is 21.7. The summed E-state index contributed by atoms with van der Waals surface area (Å²) < 4.78 is 31.8. The van der Waals surface area contributed by atoms with E-state index in [4.69, 9.17) is 17.0 Å². The Morgan fingerprint density at radius 3 is 2.40 bits per heavy atom. The van der Waals surface area contributed by atoms with Crippen LogP contribution in [0.25, 0.3) is 0 Å². The van der Waals surface area contributed by atoms with Crippen molar-refractivity contribution in [2.45, 2.75) is 4.90 Å². The average molecular weight is 453 g/mol. The molecule has 1 saturated heterocycles. The number of nitrogens with one attached hydrogen (secondary N) is 2. The number of thiocarbonyl (C=S) groups is 1. The van der Waals surface area contributed by atoms with Crippen molar-refractivity contribution in [1.29, 1.82) is 0 Å². The number of benzene rings is 2. The molecule has 0 atom stereocenters. The van der Waals surface area contributed by atoms with Crippen LogP contribution in [-0.2, 0) is 14.8 Å². The molecule has 1 heterocycles. The van der Waals surface area contributed by atoms with Crippen molar-refractivity contribution in [3.8, 4) is 17.2 Å². The molecule has 0 radical (unpaired) electrons. The average Bonchev–Trinajstić information content (AvgIpc) is 2.75. The number of sulfonamides is 1. The van der Waals surface area contributed by atoms with Gasteiger partial charge in [-0.05, 0) is 48.6 Å². The molecule has 30 heavy (non-hydrogen) atoms. The van der Waals surface area contributed by atoms with Gasteiger partial charge in [0.2, 0.25) is 15.8 Å². The molecule has 0 unspecified atom stereocenters. The van der Waals surface area contributed by atoms with Crippen LogP contribution < -0.4 is 10.7 Å². The summed E-state index contributed by atoms with van der Waals surface area (Å²) >= 11 is 5.11. The minimum Gasteiger partial charge on any atom is -0.504 e. The number of rotatable bonds is 5. The molecule has 12 heteroatoms. The van der Waals surface area contributed by atoms with E-state index >= 15 is 0 Å². The number of morpholine rings is 1. The summed E-state index contributed by atoms with van der Waals surface area (Å²) in [4.78, 5) is 0.175. The highest BCUT2D eigenvalue weighted by molar-refractivity contribution is 7.89. The number of hydrogen-bond donors (Lipinski definition) is 5. The molecule has 1 aliphatic rings. The first kappa shape index (κ1) is 21.8. The normalized spacial score (nSPS) is 15.2. The molecule has 1 fully saturated rings. The quantitative estimate of drug-likeness (QED) is 0.195. The first-order chi connectivity index (χ1) is 14.3. The highest BCUT2D eigenvalue weighted by Gasteiger charge is 2.26. The monoisotopic (exact) mass is 452 g/mol. The number of hydrogen-bond acceptors (Lipinski definition) is 8. The molecule has 5 N–H and O–H groups in total. The molecule has 10 nitrogen and oxygen atoms in total. The van der Waals surface area contributed by atoms with Gasteiger partial charge in [0.05, 0.1) is 24.3 Å². The predicted molar refractivity (Wildman–Crippen MR) is 114 cm³/mol. The summed E-state index contributed by atoms with van der Waals surface area (Å²) in [5.74, 6) is -1.61. The lowest BCUT2D eigenvalue weighted by molar-refractivity contribution is 0.0730. The van der Waals surface area contributed by atoms with Crippen molar-refractivity contribution in [3.63, 3.8) is 0 Å². The van der Waals surface area contributed by atoms with Crippen molar-refractivity contribution < 1.29 is 28.5 Å². The van der Waals surface area contributed by atoms with E-state index in [0.29, 0.717) is 32.0 Å². The highest BCUT2D eigenvalue weighted by Crippen LogP contribution is 2.36. The van der Waals surface area contributed by atoms with Crippen molar-refractivity contribution in [2.24, 2.45) is 5.10 Å². The second-order valence-electron chi connectivity index (χ2n) is 6.24. The molecule has 0 aliphatic carbocycles. The van der Waals surface area contributed by atoms with E-state index in [-0.39, 0.29) is 15.6 Å². The summed E-state index contributed by atoms with van der Waals surface area (Å²) in [5, 5.41) is 35.3. The molecule has 2 aromatic carbocycles. The predicted octanol–water partition coefficient (Wildman–Crippen LogP) is 1.14. The van der Waals surface area contributed by atoms with Gasteiger partial charge in [0.1, 0.15) is 0 Å².